The summed E-state index contributed by atoms with van der Waals surface area (Å²) in [5, 5.41) is 1.34. The van der Waals surface area contributed by atoms with Crippen LogP contribution in [0.1, 0.15) is 51.5 Å². The van der Waals surface area contributed by atoms with Crippen molar-refractivity contribution >= 4 is 28.6 Å². The van der Waals surface area contributed by atoms with Gasteiger partial charge in [0.25, 0.3) is 5.56 Å². The van der Waals surface area contributed by atoms with E-state index in [4.69, 9.17) is 4.98 Å². The molecule has 5 nitrogen and oxygen atoms in total. The van der Waals surface area contributed by atoms with Crippen LogP contribution in [0.3, 0.4) is 0 Å². The summed E-state index contributed by atoms with van der Waals surface area (Å²) in [4.78, 5) is 32.3. The summed E-state index contributed by atoms with van der Waals surface area (Å²) in [6.07, 6.45) is 6.61. The lowest BCUT2D eigenvalue weighted by Crippen LogP contribution is -2.40. The molecule has 1 heterocycles. The van der Waals surface area contributed by atoms with E-state index >= 15 is 0 Å². The summed E-state index contributed by atoms with van der Waals surface area (Å²) < 4.78 is 1.81. The van der Waals surface area contributed by atoms with Crippen molar-refractivity contribution in [3.8, 4) is 0 Å². The molecule has 1 aromatic carbocycles. The van der Waals surface area contributed by atoms with E-state index in [0.29, 0.717) is 27.9 Å². The predicted molar refractivity (Wildman–Crippen MR) is 109 cm³/mol. The Kier molecular flexibility index (Phi) is 5.26. The lowest BCUT2D eigenvalue weighted by molar-refractivity contribution is -0.129. The molecule has 0 N–H and O–H groups in total. The molecule has 0 radical (unpaired) electrons. The average Bonchev–Trinajstić information content (AvgIpc) is 3.51. The Balaban J connectivity index is 1.51. The van der Waals surface area contributed by atoms with Crippen LogP contribution in [0.5, 0.6) is 0 Å². The van der Waals surface area contributed by atoms with Gasteiger partial charge in [0, 0.05) is 19.1 Å². The van der Waals surface area contributed by atoms with Gasteiger partial charge < -0.3 is 4.90 Å². The lowest BCUT2D eigenvalue weighted by Gasteiger charge is -2.33. The molecule has 0 unspecified atom stereocenters. The van der Waals surface area contributed by atoms with Crippen molar-refractivity contribution in [3.63, 3.8) is 0 Å². The smallest absolute Gasteiger partial charge is 0.262 e. The van der Waals surface area contributed by atoms with Crippen molar-refractivity contribution in [2.24, 2.45) is 5.92 Å². The Morgan fingerprint density at radius 3 is 2.59 bits per heavy atom. The van der Waals surface area contributed by atoms with Crippen LogP contribution in [0.2, 0.25) is 0 Å². The molecule has 0 saturated heterocycles. The van der Waals surface area contributed by atoms with Crippen LogP contribution in [0.15, 0.2) is 34.2 Å². The van der Waals surface area contributed by atoms with Gasteiger partial charge in [-0.05, 0) is 56.6 Å². The van der Waals surface area contributed by atoms with Gasteiger partial charge >= 0.3 is 0 Å². The quantitative estimate of drug-likeness (QED) is 0.579. The number of para-hydroxylation sites is 1. The first-order valence-electron chi connectivity index (χ1n) is 9.94. The molecule has 144 valence electrons. The van der Waals surface area contributed by atoms with Crippen LogP contribution >= 0.6 is 11.8 Å². The Morgan fingerprint density at radius 2 is 1.89 bits per heavy atom. The molecule has 0 bridgehead atoms. The van der Waals surface area contributed by atoms with Crippen LogP contribution < -0.4 is 5.56 Å². The molecule has 4 rings (SSSR count). The minimum absolute atomic E-state index is 0.0210. The number of hydrogen-bond acceptors (Lipinski definition) is 4. The van der Waals surface area contributed by atoms with Crippen molar-refractivity contribution in [3.05, 3.63) is 34.6 Å². The van der Waals surface area contributed by atoms with E-state index in [1.165, 1.54) is 24.6 Å². The highest BCUT2D eigenvalue weighted by atomic mass is 32.2. The third kappa shape index (κ3) is 3.91. The first-order chi connectivity index (χ1) is 13.0. The third-order valence-electron chi connectivity index (χ3n) is 5.94. The normalized spacial score (nSPS) is 22.7. The zero-order valence-corrected chi connectivity index (χ0v) is 16.9. The Bertz CT molecular complexity index is 898. The number of rotatable bonds is 5. The van der Waals surface area contributed by atoms with Crippen LogP contribution in [0.4, 0.5) is 0 Å². The molecule has 2 aliphatic carbocycles. The molecule has 2 fully saturated rings. The number of benzene rings is 1. The summed E-state index contributed by atoms with van der Waals surface area (Å²) in [6, 6.07) is 8.07. The van der Waals surface area contributed by atoms with E-state index in [-0.39, 0.29) is 17.5 Å². The molecule has 0 spiro atoms. The number of carbonyl (C=O) groups is 1. The number of thioether (sulfide) groups is 1. The zero-order chi connectivity index (χ0) is 19.0. The van der Waals surface area contributed by atoms with E-state index < -0.39 is 0 Å². The molecular weight excluding hydrogens is 358 g/mol. The summed E-state index contributed by atoms with van der Waals surface area (Å²) in [5.41, 5.74) is 0.733. The second-order valence-electron chi connectivity index (χ2n) is 8.02. The summed E-state index contributed by atoms with van der Waals surface area (Å²) >= 11 is 1.41. The highest BCUT2D eigenvalue weighted by Gasteiger charge is 2.29. The number of carbonyl (C=O) groups excluding carboxylic acids is 1. The van der Waals surface area contributed by atoms with Crippen LogP contribution in [0.25, 0.3) is 10.9 Å². The van der Waals surface area contributed by atoms with Crippen molar-refractivity contribution in [1.29, 1.82) is 0 Å². The Hall–Kier alpha value is -1.82. The Labute approximate surface area is 164 Å². The molecule has 6 heteroatoms. The molecule has 0 aliphatic heterocycles. The van der Waals surface area contributed by atoms with Crippen molar-refractivity contribution in [2.75, 3.05) is 12.8 Å². The highest BCUT2D eigenvalue weighted by Crippen LogP contribution is 2.37. The second-order valence-corrected chi connectivity index (χ2v) is 8.97. The van der Waals surface area contributed by atoms with E-state index in [0.717, 1.165) is 31.6 Å². The molecule has 2 aromatic rings. The van der Waals surface area contributed by atoms with Gasteiger partial charge in [-0.25, -0.2) is 4.98 Å². The number of nitrogens with zero attached hydrogens (tertiary/aromatic N) is 3. The maximum Gasteiger partial charge on any atom is 0.262 e. The zero-order valence-electron chi connectivity index (χ0n) is 16.1. The minimum atomic E-state index is 0.0210. The van der Waals surface area contributed by atoms with Crippen LogP contribution in [0, 0.1) is 5.92 Å². The lowest BCUT2D eigenvalue weighted by atomic mass is 9.87. The van der Waals surface area contributed by atoms with Crippen LogP contribution in [-0.4, -0.2) is 39.2 Å². The molecule has 1 aromatic heterocycles. The topological polar surface area (TPSA) is 55.2 Å². The van der Waals surface area contributed by atoms with E-state index in [1.54, 1.807) is 0 Å². The van der Waals surface area contributed by atoms with E-state index in [9.17, 15) is 9.59 Å². The van der Waals surface area contributed by atoms with Gasteiger partial charge in [0.15, 0.2) is 5.16 Å². The number of hydrogen-bond donors (Lipinski definition) is 0. The van der Waals surface area contributed by atoms with Gasteiger partial charge in [-0.15, -0.1) is 0 Å². The fourth-order valence-corrected chi connectivity index (χ4v) is 4.93. The monoisotopic (exact) mass is 385 g/mol. The SMILES string of the molecule is CC1CCC(N(C)C(=O)CSc2nc3ccccc3c(=O)n2C2CC2)CC1. The minimum Gasteiger partial charge on any atom is -0.342 e. The fraction of sp³-hybridized carbons (Fsp3) is 0.571. The Morgan fingerprint density at radius 1 is 1.19 bits per heavy atom. The summed E-state index contributed by atoms with van der Waals surface area (Å²) in [7, 11) is 1.92. The first kappa shape index (κ1) is 18.5. The first-order valence-corrected chi connectivity index (χ1v) is 10.9. The standard InChI is InChI=1S/C21H27N3O2S/c1-14-7-9-15(10-8-14)23(2)19(25)13-27-21-22-18-6-4-3-5-17(18)20(26)24(21)16-11-12-16/h3-6,14-16H,7-13H2,1-2H3. The molecule has 2 saturated carbocycles. The second kappa shape index (κ2) is 7.66. The maximum absolute atomic E-state index is 12.9. The fourth-order valence-electron chi connectivity index (χ4n) is 3.94. The molecule has 27 heavy (non-hydrogen) atoms. The van der Waals surface area contributed by atoms with Gasteiger partial charge in [0.1, 0.15) is 0 Å². The van der Waals surface area contributed by atoms with Crippen molar-refractivity contribution in [1.82, 2.24) is 14.5 Å². The maximum atomic E-state index is 12.9. The largest absolute Gasteiger partial charge is 0.342 e. The van der Waals surface area contributed by atoms with E-state index in [2.05, 4.69) is 6.92 Å². The van der Waals surface area contributed by atoms with Gasteiger partial charge in [-0.2, -0.15) is 0 Å². The molecule has 1 amide bonds. The van der Waals surface area contributed by atoms with Gasteiger partial charge in [0.05, 0.1) is 16.7 Å². The molecule has 2 aliphatic rings. The summed E-state index contributed by atoms with van der Waals surface area (Å²) in [6.45, 7) is 2.29. The summed E-state index contributed by atoms with van der Waals surface area (Å²) in [5.74, 6) is 1.23. The number of fused-ring (bicyclic) bond motifs is 1. The highest BCUT2D eigenvalue weighted by molar-refractivity contribution is 7.99. The number of aromatic nitrogens is 2. The van der Waals surface area contributed by atoms with Crippen molar-refractivity contribution < 1.29 is 4.79 Å². The average molecular weight is 386 g/mol. The van der Waals surface area contributed by atoms with Crippen LogP contribution in [-0.2, 0) is 4.79 Å². The van der Waals surface area contributed by atoms with Gasteiger partial charge in [-0.3, -0.25) is 14.2 Å². The number of amides is 1. The van der Waals surface area contributed by atoms with E-state index in [1.807, 2.05) is 40.8 Å². The molecular formula is C21H27N3O2S. The third-order valence-corrected chi connectivity index (χ3v) is 6.88. The van der Waals surface area contributed by atoms with Crippen molar-refractivity contribution in [2.45, 2.75) is 62.7 Å². The molecule has 0 atom stereocenters. The van der Waals surface area contributed by atoms with Gasteiger partial charge in [0.2, 0.25) is 5.91 Å². The van der Waals surface area contributed by atoms with Gasteiger partial charge in [-0.1, -0.05) is 30.8 Å². The predicted octanol–water partition coefficient (Wildman–Crippen LogP) is 3.86.